The van der Waals surface area contributed by atoms with Crippen LogP contribution in [-0.2, 0) is 11.3 Å². The molecule has 0 fully saturated rings. The molecule has 5 heteroatoms. The summed E-state index contributed by atoms with van der Waals surface area (Å²) in [6.45, 7) is 0.152. The Bertz CT molecular complexity index is 599. The summed E-state index contributed by atoms with van der Waals surface area (Å²) in [7, 11) is 1.43. The molecule has 2 rings (SSSR count). The maximum absolute atomic E-state index is 14.1. The maximum Gasteiger partial charge on any atom is 0.188 e. The molecule has 0 bridgehead atoms. The quantitative estimate of drug-likeness (QED) is 0.580. The minimum Gasteiger partial charge on any atom is -0.488 e. The van der Waals surface area contributed by atoms with Crippen molar-refractivity contribution in [2.24, 2.45) is 0 Å². The van der Waals surface area contributed by atoms with Gasteiger partial charge >= 0.3 is 0 Å². The van der Waals surface area contributed by atoms with Gasteiger partial charge in [-0.2, -0.15) is 0 Å². The van der Waals surface area contributed by atoms with Crippen LogP contribution in [0, 0.1) is 5.82 Å². The molecule has 0 heterocycles. The van der Waals surface area contributed by atoms with E-state index in [4.69, 9.17) is 14.2 Å². The van der Waals surface area contributed by atoms with E-state index in [1.807, 2.05) is 30.3 Å². The Morgan fingerprint density at radius 1 is 1.05 bits per heavy atom. The van der Waals surface area contributed by atoms with Gasteiger partial charge < -0.3 is 14.2 Å². The molecule has 0 spiro atoms. The van der Waals surface area contributed by atoms with Crippen molar-refractivity contribution in [2.75, 3.05) is 13.9 Å². The summed E-state index contributed by atoms with van der Waals surface area (Å²) in [6, 6.07) is 12.3. The van der Waals surface area contributed by atoms with Crippen LogP contribution in [0.5, 0.6) is 11.5 Å². The summed E-state index contributed by atoms with van der Waals surface area (Å²) in [5.41, 5.74) is 0.758. The number of halogens is 1. The number of methoxy groups -OCH3 is 1. The van der Waals surface area contributed by atoms with E-state index in [-0.39, 0.29) is 30.5 Å². The minimum absolute atomic E-state index is 0.0500. The van der Waals surface area contributed by atoms with E-state index in [0.29, 0.717) is 6.29 Å². The average molecular weight is 290 g/mol. The number of ether oxygens (including phenoxy) is 3. The molecule has 0 atom stereocenters. The molecule has 0 aliphatic carbocycles. The first-order valence-corrected chi connectivity index (χ1v) is 6.32. The average Bonchev–Trinajstić information content (AvgIpc) is 2.53. The molecule has 0 aliphatic rings. The van der Waals surface area contributed by atoms with E-state index < -0.39 is 5.82 Å². The van der Waals surface area contributed by atoms with Gasteiger partial charge in [-0.1, -0.05) is 30.3 Å². The number of carbonyl (C=O) groups is 1. The standard InChI is InChI=1S/C16H15FO4/c1-19-11-21-15-8-7-14(13(9-18)16(15)17)20-10-12-5-3-2-4-6-12/h2-9H,10-11H2,1H3. The molecule has 110 valence electrons. The molecule has 4 nitrogen and oxygen atoms in total. The topological polar surface area (TPSA) is 44.8 Å². The van der Waals surface area contributed by atoms with Crippen LogP contribution >= 0.6 is 0 Å². The zero-order chi connectivity index (χ0) is 15.1. The van der Waals surface area contributed by atoms with Crippen LogP contribution in [0.3, 0.4) is 0 Å². The third-order valence-electron chi connectivity index (χ3n) is 2.79. The summed E-state index contributed by atoms with van der Waals surface area (Å²) in [5.74, 6) is -0.630. The van der Waals surface area contributed by atoms with Crippen LogP contribution in [0.25, 0.3) is 0 Å². The number of rotatable bonds is 7. The van der Waals surface area contributed by atoms with Crippen LogP contribution in [-0.4, -0.2) is 20.2 Å². The van der Waals surface area contributed by atoms with Gasteiger partial charge in [-0.3, -0.25) is 4.79 Å². The lowest BCUT2D eigenvalue weighted by Gasteiger charge is -2.12. The summed E-state index contributed by atoms with van der Waals surface area (Å²) < 4.78 is 29.3. The Hall–Kier alpha value is -2.40. The van der Waals surface area contributed by atoms with Gasteiger partial charge in [-0.25, -0.2) is 4.39 Å². The molecule has 0 unspecified atom stereocenters. The molecule has 0 saturated carbocycles. The molecule has 0 aromatic heterocycles. The second kappa shape index (κ2) is 7.40. The third kappa shape index (κ3) is 3.79. The van der Waals surface area contributed by atoms with Crippen LogP contribution in [0.1, 0.15) is 15.9 Å². The van der Waals surface area contributed by atoms with Crippen molar-refractivity contribution in [3.63, 3.8) is 0 Å². The van der Waals surface area contributed by atoms with Crippen molar-refractivity contribution in [1.29, 1.82) is 0 Å². The molecule has 0 N–H and O–H groups in total. The van der Waals surface area contributed by atoms with Crippen molar-refractivity contribution >= 4 is 6.29 Å². The third-order valence-corrected chi connectivity index (χ3v) is 2.79. The lowest BCUT2D eigenvalue weighted by atomic mass is 10.2. The normalized spacial score (nSPS) is 10.2. The Balaban J connectivity index is 2.16. The highest BCUT2D eigenvalue weighted by molar-refractivity contribution is 5.80. The first-order chi connectivity index (χ1) is 10.3. The molecule has 2 aromatic carbocycles. The van der Waals surface area contributed by atoms with E-state index in [1.165, 1.54) is 19.2 Å². The minimum atomic E-state index is -0.757. The van der Waals surface area contributed by atoms with E-state index in [1.54, 1.807) is 0 Å². The van der Waals surface area contributed by atoms with Crippen molar-refractivity contribution < 1.29 is 23.4 Å². The zero-order valence-electron chi connectivity index (χ0n) is 11.5. The fourth-order valence-electron chi connectivity index (χ4n) is 1.76. The molecule has 2 aromatic rings. The van der Waals surface area contributed by atoms with E-state index >= 15 is 0 Å². The first-order valence-electron chi connectivity index (χ1n) is 6.32. The highest BCUT2D eigenvalue weighted by Crippen LogP contribution is 2.28. The predicted molar refractivity (Wildman–Crippen MR) is 75.1 cm³/mol. The smallest absolute Gasteiger partial charge is 0.188 e. The molecular formula is C16H15FO4. The van der Waals surface area contributed by atoms with Crippen LogP contribution in [0.4, 0.5) is 4.39 Å². The number of hydrogen-bond donors (Lipinski definition) is 0. The molecule has 0 amide bonds. The molecule has 0 saturated heterocycles. The highest BCUT2D eigenvalue weighted by Gasteiger charge is 2.15. The van der Waals surface area contributed by atoms with Gasteiger partial charge in [-0.15, -0.1) is 0 Å². The van der Waals surface area contributed by atoms with Crippen LogP contribution < -0.4 is 9.47 Å². The SMILES string of the molecule is COCOc1ccc(OCc2ccccc2)c(C=O)c1F. The van der Waals surface area contributed by atoms with E-state index in [2.05, 4.69) is 0 Å². The van der Waals surface area contributed by atoms with Crippen molar-refractivity contribution in [3.8, 4) is 11.5 Å². The second-order valence-electron chi connectivity index (χ2n) is 4.23. The van der Waals surface area contributed by atoms with Crippen LogP contribution in [0.2, 0.25) is 0 Å². The second-order valence-corrected chi connectivity index (χ2v) is 4.23. The first kappa shape index (κ1) is 15.0. The highest BCUT2D eigenvalue weighted by atomic mass is 19.1. The molecule has 0 radical (unpaired) electrons. The summed E-state index contributed by atoms with van der Waals surface area (Å²) in [4.78, 5) is 11.1. The number of carbonyl (C=O) groups excluding carboxylic acids is 1. The Kier molecular flexibility index (Phi) is 5.29. The zero-order valence-corrected chi connectivity index (χ0v) is 11.5. The van der Waals surface area contributed by atoms with Gasteiger partial charge in [0.2, 0.25) is 0 Å². The van der Waals surface area contributed by atoms with Gasteiger partial charge in [0.05, 0.1) is 5.56 Å². The Labute approximate surface area is 122 Å². The lowest BCUT2D eigenvalue weighted by Crippen LogP contribution is -2.05. The van der Waals surface area contributed by atoms with Gasteiger partial charge in [0.15, 0.2) is 24.6 Å². The van der Waals surface area contributed by atoms with Crippen molar-refractivity contribution in [1.82, 2.24) is 0 Å². The number of benzene rings is 2. The van der Waals surface area contributed by atoms with Gasteiger partial charge in [0.25, 0.3) is 0 Å². The van der Waals surface area contributed by atoms with Gasteiger partial charge in [-0.05, 0) is 17.7 Å². The molecule has 21 heavy (non-hydrogen) atoms. The molecule has 0 aliphatic heterocycles. The monoisotopic (exact) mass is 290 g/mol. The number of hydrogen-bond acceptors (Lipinski definition) is 4. The van der Waals surface area contributed by atoms with Crippen molar-refractivity contribution in [2.45, 2.75) is 6.61 Å². The van der Waals surface area contributed by atoms with Gasteiger partial charge in [0, 0.05) is 7.11 Å². The lowest BCUT2D eigenvalue weighted by molar-refractivity contribution is 0.0480. The summed E-state index contributed by atoms with van der Waals surface area (Å²) >= 11 is 0. The number of aldehydes is 1. The van der Waals surface area contributed by atoms with Crippen molar-refractivity contribution in [3.05, 3.63) is 59.4 Å². The maximum atomic E-state index is 14.1. The van der Waals surface area contributed by atoms with Gasteiger partial charge in [0.1, 0.15) is 12.4 Å². The summed E-state index contributed by atoms with van der Waals surface area (Å²) in [5, 5.41) is 0. The predicted octanol–water partition coefficient (Wildman–Crippen LogP) is 3.20. The summed E-state index contributed by atoms with van der Waals surface area (Å²) in [6.07, 6.45) is 0.412. The van der Waals surface area contributed by atoms with E-state index in [9.17, 15) is 9.18 Å². The largest absolute Gasteiger partial charge is 0.488 e. The molecular weight excluding hydrogens is 275 g/mol. The van der Waals surface area contributed by atoms with E-state index in [0.717, 1.165) is 5.56 Å². The fourth-order valence-corrected chi connectivity index (χ4v) is 1.76. The Morgan fingerprint density at radius 2 is 1.76 bits per heavy atom. The fraction of sp³-hybridized carbons (Fsp3) is 0.188. The van der Waals surface area contributed by atoms with Crippen LogP contribution in [0.15, 0.2) is 42.5 Å². The Morgan fingerprint density at radius 3 is 2.43 bits per heavy atom.